The largest absolute Gasteiger partial charge is 0.459 e. The summed E-state index contributed by atoms with van der Waals surface area (Å²) in [6.45, 7) is 1.92. The highest BCUT2D eigenvalue weighted by Crippen LogP contribution is 2.14. The van der Waals surface area contributed by atoms with E-state index in [0.717, 1.165) is 5.56 Å². The summed E-state index contributed by atoms with van der Waals surface area (Å²) >= 11 is 0. The molecule has 0 aliphatic rings. The Hall–Kier alpha value is -3.41. The zero-order valence-corrected chi connectivity index (χ0v) is 12.9. The number of carbonyl (C=O) groups is 2. The first-order valence-electron chi connectivity index (χ1n) is 7.31. The zero-order valence-electron chi connectivity index (χ0n) is 12.9. The van der Waals surface area contributed by atoms with E-state index in [-0.39, 0.29) is 17.6 Å². The molecule has 2 aromatic heterocycles. The van der Waals surface area contributed by atoms with Gasteiger partial charge in [0.1, 0.15) is 5.82 Å². The molecule has 0 aliphatic heterocycles. The Morgan fingerprint density at radius 2 is 1.88 bits per heavy atom. The summed E-state index contributed by atoms with van der Waals surface area (Å²) in [5.74, 6) is -0.000976. The summed E-state index contributed by atoms with van der Waals surface area (Å²) in [7, 11) is 0. The quantitative estimate of drug-likeness (QED) is 0.770. The molecule has 0 saturated carbocycles. The van der Waals surface area contributed by atoms with E-state index in [2.05, 4.69) is 15.6 Å². The minimum atomic E-state index is -0.377. The summed E-state index contributed by atoms with van der Waals surface area (Å²) in [6.07, 6.45) is 3.05. The Kier molecular flexibility index (Phi) is 4.38. The van der Waals surface area contributed by atoms with Gasteiger partial charge in [-0.05, 0) is 55.0 Å². The van der Waals surface area contributed by atoms with E-state index in [4.69, 9.17) is 4.42 Å². The lowest BCUT2D eigenvalue weighted by Gasteiger charge is -2.07. The molecule has 3 aromatic rings. The van der Waals surface area contributed by atoms with Crippen LogP contribution in [-0.2, 0) is 0 Å². The second-order valence-corrected chi connectivity index (χ2v) is 5.18. The molecule has 6 heteroatoms. The highest BCUT2D eigenvalue weighted by Gasteiger charge is 2.11. The SMILES string of the molecule is Cc1ccnc(NC(=O)c2cccc(NC(=O)c3ccco3)c2)c1. The van der Waals surface area contributed by atoms with Gasteiger partial charge in [-0.2, -0.15) is 0 Å². The van der Waals surface area contributed by atoms with E-state index in [1.165, 1.54) is 6.26 Å². The Bertz CT molecular complexity index is 873. The summed E-state index contributed by atoms with van der Waals surface area (Å²) in [5, 5.41) is 5.41. The van der Waals surface area contributed by atoms with Crippen molar-refractivity contribution >= 4 is 23.3 Å². The number of benzene rings is 1. The second-order valence-electron chi connectivity index (χ2n) is 5.18. The number of amides is 2. The normalized spacial score (nSPS) is 10.2. The number of nitrogens with zero attached hydrogens (tertiary/aromatic N) is 1. The number of aryl methyl sites for hydroxylation is 1. The van der Waals surface area contributed by atoms with Gasteiger partial charge >= 0.3 is 0 Å². The van der Waals surface area contributed by atoms with E-state index >= 15 is 0 Å². The van der Waals surface area contributed by atoms with Gasteiger partial charge in [0.2, 0.25) is 0 Å². The number of pyridine rings is 1. The molecule has 0 atom stereocenters. The summed E-state index contributed by atoms with van der Waals surface area (Å²) in [4.78, 5) is 28.4. The molecule has 0 bridgehead atoms. The first-order valence-corrected chi connectivity index (χ1v) is 7.31. The van der Waals surface area contributed by atoms with Crippen molar-refractivity contribution in [2.45, 2.75) is 6.92 Å². The van der Waals surface area contributed by atoms with Crippen molar-refractivity contribution in [3.8, 4) is 0 Å². The van der Waals surface area contributed by atoms with Crippen LogP contribution in [0.5, 0.6) is 0 Å². The predicted molar refractivity (Wildman–Crippen MR) is 90.0 cm³/mol. The Balaban J connectivity index is 1.72. The van der Waals surface area contributed by atoms with Crippen molar-refractivity contribution in [1.82, 2.24) is 4.98 Å². The van der Waals surface area contributed by atoms with E-state index in [1.807, 2.05) is 13.0 Å². The highest BCUT2D eigenvalue weighted by atomic mass is 16.3. The number of anilines is 2. The fourth-order valence-electron chi connectivity index (χ4n) is 2.13. The van der Waals surface area contributed by atoms with Gasteiger partial charge in [-0.15, -0.1) is 0 Å². The lowest BCUT2D eigenvalue weighted by molar-refractivity contribution is 0.0993. The predicted octanol–water partition coefficient (Wildman–Crippen LogP) is 3.49. The van der Waals surface area contributed by atoms with Gasteiger partial charge in [-0.25, -0.2) is 4.98 Å². The molecule has 0 aliphatic carbocycles. The van der Waals surface area contributed by atoms with Gasteiger partial charge in [0.15, 0.2) is 5.76 Å². The van der Waals surface area contributed by atoms with Crippen LogP contribution in [0.3, 0.4) is 0 Å². The Morgan fingerprint density at radius 3 is 2.62 bits per heavy atom. The van der Waals surface area contributed by atoms with E-state index < -0.39 is 0 Å². The van der Waals surface area contributed by atoms with Crippen LogP contribution in [-0.4, -0.2) is 16.8 Å². The Labute approximate surface area is 138 Å². The van der Waals surface area contributed by atoms with E-state index in [1.54, 1.807) is 48.7 Å². The number of carbonyl (C=O) groups excluding carboxylic acids is 2. The lowest BCUT2D eigenvalue weighted by atomic mass is 10.2. The molecule has 0 radical (unpaired) electrons. The number of hydrogen-bond donors (Lipinski definition) is 2. The molecule has 3 rings (SSSR count). The number of aromatic nitrogens is 1. The first-order chi connectivity index (χ1) is 11.6. The molecule has 6 nitrogen and oxygen atoms in total. The Morgan fingerprint density at radius 1 is 1.00 bits per heavy atom. The van der Waals surface area contributed by atoms with E-state index in [9.17, 15) is 9.59 Å². The molecule has 2 heterocycles. The van der Waals surface area contributed by atoms with Crippen LogP contribution in [0, 0.1) is 6.92 Å². The van der Waals surface area contributed by atoms with Gasteiger partial charge in [0.25, 0.3) is 11.8 Å². The highest BCUT2D eigenvalue weighted by molar-refractivity contribution is 6.06. The van der Waals surface area contributed by atoms with Crippen molar-refractivity contribution in [3.63, 3.8) is 0 Å². The maximum atomic E-state index is 12.3. The van der Waals surface area contributed by atoms with Gasteiger partial charge in [-0.1, -0.05) is 6.07 Å². The minimum absolute atomic E-state index is 0.203. The third-order valence-electron chi connectivity index (χ3n) is 3.28. The molecule has 0 unspecified atom stereocenters. The molecule has 2 N–H and O–H groups in total. The number of furan rings is 1. The fraction of sp³-hybridized carbons (Fsp3) is 0.0556. The molecule has 0 saturated heterocycles. The van der Waals surface area contributed by atoms with Crippen LogP contribution < -0.4 is 10.6 Å². The van der Waals surface area contributed by atoms with Gasteiger partial charge < -0.3 is 15.1 Å². The minimum Gasteiger partial charge on any atom is -0.459 e. The molecule has 2 amide bonds. The topological polar surface area (TPSA) is 84.2 Å². The lowest BCUT2D eigenvalue weighted by Crippen LogP contribution is -2.15. The molecule has 1 aromatic carbocycles. The van der Waals surface area contributed by atoms with Crippen LogP contribution in [0.15, 0.2) is 65.4 Å². The van der Waals surface area contributed by atoms with Crippen molar-refractivity contribution < 1.29 is 14.0 Å². The third kappa shape index (κ3) is 3.67. The molecule has 0 spiro atoms. The number of hydrogen-bond acceptors (Lipinski definition) is 4. The molecular weight excluding hydrogens is 306 g/mol. The molecule has 0 fully saturated rings. The first kappa shape index (κ1) is 15.5. The smallest absolute Gasteiger partial charge is 0.291 e. The van der Waals surface area contributed by atoms with Crippen LogP contribution in [0.25, 0.3) is 0 Å². The van der Waals surface area contributed by atoms with Gasteiger partial charge in [-0.3, -0.25) is 9.59 Å². The fourth-order valence-corrected chi connectivity index (χ4v) is 2.13. The van der Waals surface area contributed by atoms with Crippen molar-refractivity contribution in [1.29, 1.82) is 0 Å². The molecule has 120 valence electrons. The van der Waals surface area contributed by atoms with Crippen molar-refractivity contribution in [3.05, 3.63) is 77.9 Å². The van der Waals surface area contributed by atoms with E-state index in [0.29, 0.717) is 17.1 Å². The van der Waals surface area contributed by atoms with Crippen molar-refractivity contribution in [2.24, 2.45) is 0 Å². The molecular formula is C18H15N3O3. The standard InChI is InChI=1S/C18H15N3O3/c1-12-7-8-19-16(10-12)21-17(22)13-4-2-5-14(11-13)20-18(23)15-6-3-9-24-15/h2-11H,1H3,(H,20,23)(H,19,21,22). The molecule has 24 heavy (non-hydrogen) atoms. The second kappa shape index (κ2) is 6.78. The average molecular weight is 321 g/mol. The van der Waals surface area contributed by atoms with Crippen LogP contribution in [0.2, 0.25) is 0 Å². The average Bonchev–Trinajstić information content (AvgIpc) is 3.10. The zero-order chi connectivity index (χ0) is 16.9. The monoisotopic (exact) mass is 321 g/mol. The summed E-state index contributed by atoms with van der Waals surface area (Å²) < 4.78 is 5.04. The number of nitrogens with one attached hydrogen (secondary N) is 2. The maximum Gasteiger partial charge on any atom is 0.291 e. The maximum absolute atomic E-state index is 12.3. The number of rotatable bonds is 4. The van der Waals surface area contributed by atoms with Crippen LogP contribution in [0.1, 0.15) is 26.5 Å². The van der Waals surface area contributed by atoms with Gasteiger partial charge in [0, 0.05) is 17.4 Å². The summed E-state index contributed by atoms with van der Waals surface area (Å²) in [5.41, 5.74) is 1.91. The van der Waals surface area contributed by atoms with Crippen molar-refractivity contribution in [2.75, 3.05) is 10.6 Å². The van der Waals surface area contributed by atoms with Crippen LogP contribution >= 0.6 is 0 Å². The van der Waals surface area contributed by atoms with Gasteiger partial charge in [0.05, 0.1) is 6.26 Å². The summed E-state index contributed by atoms with van der Waals surface area (Å²) in [6, 6.07) is 13.5. The van der Waals surface area contributed by atoms with Crippen LogP contribution in [0.4, 0.5) is 11.5 Å². The third-order valence-corrected chi connectivity index (χ3v) is 3.28.